The fourth-order valence-electron chi connectivity index (χ4n) is 3.15. The summed E-state index contributed by atoms with van der Waals surface area (Å²) in [5, 5.41) is 8.12. The monoisotopic (exact) mass is 385 g/mol. The molecule has 1 aliphatic rings. The van der Waals surface area contributed by atoms with Gasteiger partial charge in [-0.2, -0.15) is 5.10 Å². The van der Waals surface area contributed by atoms with Gasteiger partial charge in [-0.1, -0.05) is 18.5 Å². The normalized spacial score (nSPS) is 13.9. The zero-order valence-electron chi connectivity index (χ0n) is 15.0. The molecule has 1 amide bonds. The summed E-state index contributed by atoms with van der Waals surface area (Å²) in [6.07, 6.45) is 3.06. The van der Waals surface area contributed by atoms with Crippen LogP contribution >= 0.6 is 11.6 Å². The molecule has 1 aliphatic carbocycles. The van der Waals surface area contributed by atoms with E-state index in [0.717, 1.165) is 25.0 Å². The molecule has 3 aromatic rings. The highest BCUT2D eigenvalue weighted by molar-refractivity contribution is 6.31. The zero-order chi connectivity index (χ0) is 19.0. The van der Waals surface area contributed by atoms with E-state index in [1.807, 2.05) is 13.0 Å². The van der Waals surface area contributed by atoms with Crippen LogP contribution in [0.15, 0.2) is 29.1 Å². The van der Waals surface area contributed by atoms with Crippen LogP contribution in [-0.2, 0) is 6.54 Å². The largest absolute Gasteiger partial charge is 0.330 e. The predicted octanol–water partition coefficient (Wildman–Crippen LogP) is 3.23. The van der Waals surface area contributed by atoms with Crippen molar-refractivity contribution in [1.82, 2.24) is 25.1 Å². The van der Waals surface area contributed by atoms with Crippen LogP contribution in [0.3, 0.4) is 0 Å². The Morgan fingerprint density at radius 2 is 2.15 bits per heavy atom. The first-order chi connectivity index (χ1) is 13.0. The van der Waals surface area contributed by atoms with Gasteiger partial charge < -0.3 is 9.88 Å². The van der Waals surface area contributed by atoms with Crippen molar-refractivity contribution in [2.45, 2.75) is 38.6 Å². The van der Waals surface area contributed by atoms with Crippen LogP contribution in [0.4, 0.5) is 0 Å². The first kappa shape index (κ1) is 17.7. The number of carbonyl (C=O) groups is 1. The van der Waals surface area contributed by atoms with Gasteiger partial charge in [0.2, 0.25) is 0 Å². The molecule has 1 aromatic carbocycles. The number of halogens is 1. The van der Waals surface area contributed by atoms with E-state index in [1.165, 1.54) is 0 Å². The van der Waals surface area contributed by atoms with Gasteiger partial charge in [-0.3, -0.25) is 14.7 Å². The van der Waals surface area contributed by atoms with Gasteiger partial charge in [-0.15, -0.1) is 0 Å². The molecular formula is C19H20ClN5O2. The van der Waals surface area contributed by atoms with E-state index >= 15 is 0 Å². The van der Waals surface area contributed by atoms with E-state index in [4.69, 9.17) is 11.6 Å². The Bertz CT molecular complexity index is 1050. The number of hydrogen-bond acceptors (Lipinski definition) is 4. The molecule has 4 rings (SSSR count). The van der Waals surface area contributed by atoms with Crippen molar-refractivity contribution in [2.24, 2.45) is 0 Å². The van der Waals surface area contributed by atoms with Gasteiger partial charge in [0.05, 0.1) is 17.4 Å². The molecule has 1 saturated carbocycles. The van der Waals surface area contributed by atoms with Crippen LogP contribution in [0.2, 0.25) is 5.02 Å². The topological polar surface area (TPSA) is 94.7 Å². The molecule has 7 nitrogen and oxygen atoms in total. The molecule has 2 aromatic heterocycles. The second kappa shape index (κ2) is 7.15. The van der Waals surface area contributed by atoms with Crippen molar-refractivity contribution in [3.8, 4) is 0 Å². The van der Waals surface area contributed by atoms with Crippen LogP contribution in [0.5, 0.6) is 0 Å². The Morgan fingerprint density at radius 3 is 2.89 bits per heavy atom. The van der Waals surface area contributed by atoms with Crippen LogP contribution in [0, 0.1) is 0 Å². The number of amides is 1. The van der Waals surface area contributed by atoms with E-state index in [9.17, 15) is 9.59 Å². The lowest BCUT2D eigenvalue weighted by Gasteiger charge is -2.20. The highest BCUT2D eigenvalue weighted by Gasteiger charge is 2.27. The van der Waals surface area contributed by atoms with E-state index in [1.54, 1.807) is 23.1 Å². The first-order valence-electron chi connectivity index (χ1n) is 9.08. The quantitative estimate of drug-likeness (QED) is 0.681. The summed E-state index contributed by atoms with van der Waals surface area (Å²) in [6, 6.07) is 6.78. The second-order valence-corrected chi connectivity index (χ2v) is 7.32. The van der Waals surface area contributed by atoms with Gasteiger partial charge in [0.1, 0.15) is 11.5 Å². The molecule has 0 aliphatic heterocycles. The number of H-pyrrole nitrogens is 2. The van der Waals surface area contributed by atoms with E-state index < -0.39 is 0 Å². The Morgan fingerprint density at radius 1 is 1.33 bits per heavy atom. The third kappa shape index (κ3) is 3.73. The van der Waals surface area contributed by atoms with Crippen molar-refractivity contribution in [1.29, 1.82) is 0 Å². The number of carbonyl (C=O) groups excluding carboxylic acids is 1. The van der Waals surface area contributed by atoms with Crippen molar-refractivity contribution in [2.75, 3.05) is 6.54 Å². The molecule has 140 valence electrons. The zero-order valence-corrected chi connectivity index (χ0v) is 15.7. The summed E-state index contributed by atoms with van der Waals surface area (Å²) in [5.74, 6) is 0.755. The van der Waals surface area contributed by atoms with Crippen molar-refractivity contribution < 1.29 is 4.79 Å². The number of aromatic amines is 2. The summed E-state index contributed by atoms with van der Waals surface area (Å²) in [4.78, 5) is 34.1. The van der Waals surface area contributed by atoms with Gasteiger partial charge >= 0.3 is 0 Å². The molecule has 27 heavy (non-hydrogen) atoms. The fourth-order valence-corrected chi connectivity index (χ4v) is 3.32. The lowest BCUT2D eigenvalue weighted by Crippen LogP contribution is -2.33. The molecule has 0 saturated heterocycles. The maximum Gasteiger partial charge on any atom is 0.274 e. The van der Waals surface area contributed by atoms with Crippen LogP contribution in [0.1, 0.15) is 54.1 Å². The highest BCUT2D eigenvalue weighted by atomic mass is 35.5. The minimum atomic E-state index is -0.244. The second-order valence-electron chi connectivity index (χ2n) is 6.88. The summed E-state index contributed by atoms with van der Waals surface area (Å²) < 4.78 is 0. The van der Waals surface area contributed by atoms with Crippen molar-refractivity contribution >= 4 is 28.4 Å². The maximum atomic E-state index is 12.9. The lowest BCUT2D eigenvalue weighted by molar-refractivity contribution is 0.0733. The Balaban J connectivity index is 1.61. The molecule has 8 heteroatoms. The lowest BCUT2D eigenvalue weighted by atomic mass is 10.2. The van der Waals surface area contributed by atoms with Crippen LogP contribution < -0.4 is 5.56 Å². The molecule has 1 fully saturated rings. The van der Waals surface area contributed by atoms with Gasteiger partial charge in [-0.25, -0.2) is 4.98 Å². The average molecular weight is 386 g/mol. The minimum Gasteiger partial charge on any atom is -0.330 e. The molecule has 0 bridgehead atoms. The van der Waals surface area contributed by atoms with Crippen molar-refractivity contribution in [3.63, 3.8) is 0 Å². The molecule has 0 atom stereocenters. The molecular weight excluding hydrogens is 366 g/mol. The molecule has 2 heterocycles. The number of fused-ring (bicyclic) bond motifs is 1. The maximum absolute atomic E-state index is 12.9. The molecule has 0 unspecified atom stereocenters. The molecule has 0 radical (unpaired) electrons. The van der Waals surface area contributed by atoms with Gasteiger partial charge in [0.15, 0.2) is 0 Å². The van der Waals surface area contributed by atoms with Gasteiger partial charge in [0, 0.05) is 23.2 Å². The van der Waals surface area contributed by atoms with Crippen LogP contribution in [-0.4, -0.2) is 37.5 Å². The van der Waals surface area contributed by atoms with Crippen molar-refractivity contribution in [3.05, 3.63) is 56.9 Å². The first-order valence-corrected chi connectivity index (χ1v) is 9.46. The number of aromatic nitrogens is 4. The number of benzene rings is 1. The van der Waals surface area contributed by atoms with E-state index in [0.29, 0.717) is 39.9 Å². The van der Waals surface area contributed by atoms with E-state index in [2.05, 4.69) is 20.2 Å². The summed E-state index contributed by atoms with van der Waals surface area (Å²) in [5.41, 5.74) is 1.69. The molecule has 2 N–H and O–H groups in total. The average Bonchev–Trinajstić information content (AvgIpc) is 3.37. The predicted molar refractivity (Wildman–Crippen MR) is 103 cm³/mol. The van der Waals surface area contributed by atoms with Gasteiger partial charge in [-0.05, 0) is 43.5 Å². The Labute approximate surface area is 160 Å². The Kier molecular flexibility index (Phi) is 4.70. The summed E-state index contributed by atoms with van der Waals surface area (Å²) >= 11 is 6.01. The summed E-state index contributed by atoms with van der Waals surface area (Å²) in [7, 11) is 0. The minimum absolute atomic E-state index is 0.172. The standard InChI is InChI=1S/C19H20ClN5O2/c1-2-7-25(19(27)16-9-14(23-24-16)11-3-4-11)10-17-21-15-8-12(20)5-6-13(15)18(26)22-17/h5-6,8-9,11H,2-4,7,10H2,1H3,(H,23,24)(H,21,22,26). The number of rotatable bonds is 6. The molecule has 0 spiro atoms. The number of nitrogens with zero attached hydrogens (tertiary/aromatic N) is 3. The third-order valence-electron chi connectivity index (χ3n) is 4.67. The van der Waals surface area contributed by atoms with Gasteiger partial charge in [0.25, 0.3) is 11.5 Å². The third-order valence-corrected chi connectivity index (χ3v) is 4.91. The Hall–Kier alpha value is -2.67. The van der Waals surface area contributed by atoms with Crippen LogP contribution in [0.25, 0.3) is 10.9 Å². The number of hydrogen-bond donors (Lipinski definition) is 2. The number of nitrogens with one attached hydrogen (secondary N) is 2. The fraction of sp³-hybridized carbons (Fsp3) is 0.368. The smallest absolute Gasteiger partial charge is 0.274 e. The SMILES string of the molecule is CCCN(Cc1nc2cc(Cl)ccc2c(=O)[nH]1)C(=O)c1cc(C2CC2)[nH]n1. The highest BCUT2D eigenvalue weighted by Crippen LogP contribution is 2.39. The van der Waals surface area contributed by atoms with E-state index in [-0.39, 0.29) is 18.0 Å². The summed E-state index contributed by atoms with van der Waals surface area (Å²) in [6.45, 7) is 2.74.